The maximum absolute atomic E-state index is 11.9. The van der Waals surface area contributed by atoms with Crippen molar-refractivity contribution in [2.75, 3.05) is 0 Å². The molecule has 0 bridgehead atoms. The number of hydrogen-bond acceptors (Lipinski definition) is 2. The van der Waals surface area contributed by atoms with Crippen molar-refractivity contribution in [2.45, 2.75) is 25.8 Å². The quantitative estimate of drug-likeness (QED) is 0.874. The minimum atomic E-state index is -0.210. The van der Waals surface area contributed by atoms with E-state index in [1.807, 2.05) is 25.1 Å². The van der Waals surface area contributed by atoms with Crippen LogP contribution in [0.3, 0.4) is 0 Å². The Balaban J connectivity index is 1.85. The van der Waals surface area contributed by atoms with Crippen LogP contribution in [-0.4, -0.2) is 16.9 Å². The van der Waals surface area contributed by atoms with Gasteiger partial charge in [-0.2, -0.15) is 0 Å². The predicted octanol–water partition coefficient (Wildman–Crippen LogP) is 2.13. The molecule has 104 valence electrons. The van der Waals surface area contributed by atoms with Crippen LogP contribution in [0.15, 0.2) is 53.5 Å². The number of aromatic amines is 1. The highest BCUT2D eigenvalue weighted by atomic mass is 16.2. The van der Waals surface area contributed by atoms with Crippen LogP contribution in [0, 0.1) is 0 Å². The van der Waals surface area contributed by atoms with Crippen LogP contribution in [0.5, 0.6) is 0 Å². The molecule has 1 aromatic carbocycles. The summed E-state index contributed by atoms with van der Waals surface area (Å²) in [6.07, 6.45) is 3.23. The fraction of sp³-hybridized carbons (Fsp3) is 0.250. The van der Waals surface area contributed by atoms with Crippen molar-refractivity contribution >= 4 is 5.91 Å². The molecule has 2 aromatic rings. The van der Waals surface area contributed by atoms with E-state index in [1.54, 1.807) is 0 Å². The standard InChI is InChI=1S/C16H18N2O2/c1-12(7-8-13-5-3-2-4-6-13)18-16(20)14-9-10-15(19)17-11-14/h2-6,9-12H,7-8H2,1H3,(H,17,19)(H,18,20)/t12-/m0/s1. The first-order valence-corrected chi connectivity index (χ1v) is 6.68. The first-order valence-electron chi connectivity index (χ1n) is 6.68. The number of nitrogens with one attached hydrogen (secondary N) is 2. The highest BCUT2D eigenvalue weighted by Gasteiger charge is 2.09. The highest BCUT2D eigenvalue weighted by Crippen LogP contribution is 2.05. The zero-order chi connectivity index (χ0) is 14.4. The van der Waals surface area contributed by atoms with E-state index in [9.17, 15) is 9.59 Å². The summed E-state index contributed by atoms with van der Waals surface area (Å²) < 4.78 is 0. The van der Waals surface area contributed by atoms with Gasteiger partial charge >= 0.3 is 0 Å². The fourth-order valence-corrected chi connectivity index (χ4v) is 1.96. The van der Waals surface area contributed by atoms with Crippen molar-refractivity contribution in [3.63, 3.8) is 0 Å². The van der Waals surface area contributed by atoms with Gasteiger partial charge in [0.15, 0.2) is 0 Å². The molecular formula is C16H18N2O2. The van der Waals surface area contributed by atoms with Gasteiger partial charge in [-0.15, -0.1) is 0 Å². The molecule has 0 spiro atoms. The van der Waals surface area contributed by atoms with Gasteiger partial charge in [-0.25, -0.2) is 0 Å². The smallest absolute Gasteiger partial charge is 0.252 e. The Morgan fingerprint density at radius 1 is 1.20 bits per heavy atom. The van der Waals surface area contributed by atoms with Crippen molar-refractivity contribution in [2.24, 2.45) is 0 Å². The van der Waals surface area contributed by atoms with Crippen molar-refractivity contribution in [1.82, 2.24) is 10.3 Å². The largest absolute Gasteiger partial charge is 0.350 e. The van der Waals surface area contributed by atoms with Gasteiger partial charge in [-0.3, -0.25) is 9.59 Å². The SMILES string of the molecule is C[C@@H](CCc1ccccc1)NC(=O)c1ccc(=O)[nH]c1. The number of pyridine rings is 1. The van der Waals surface area contributed by atoms with Crippen LogP contribution in [0.2, 0.25) is 0 Å². The third-order valence-electron chi connectivity index (χ3n) is 3.13. The molecule has 0 radical (unpaired) electrons. The third-order valence-corrected chi connectivity index (χ3v) is 3.13. The molecule has 1 heterocycles. The molecule has 20 heavy (non-hydrogen) atoms. The Morgan fingerprint density at radius 2 is 1.95 bits per heavy atom. The van der Waals surface area contributed by atoms with Crippen LogP contribution in [0.25, 0.3) is 0 Å². The first-order chi connectivity index (χ1) is 9.65. The number of aryl methyl sites for hydroxylation is 1. The van der Waals surface area contributed by atoms with Crippen LogP contribution >= 0.6 is 0 Å². The van der Waals surface area contributed by atoms with Gasteiger partial charge in [-0.05, 0) is 31.4 Å². The van der Waals surface area contributed by atoms with E-state index < -0.39 is 0 Å². The highest BCUT2D eigenvalue weighted by molar-refractivity contribution is 5.93. The lowest BCUT2D eigenvalue weighted by Crippen LogP contribution is -2.33. The number of amides is 1. The normalized spacial score (nSPS) is 11.8. The molecule has 4 nitrogen and oxygen atoms in total. The van der Waals surface area contributed by atoms with Crippen molar-refractivity contribution in [3.8, 4) is 0 Å². The van der Waals surface area contributed by atoms with E-state index in [2.05, 4.69) is 22.4 Å². The van der Waals surface area contributed by atoms with Gasteiger partial charge in [0.25, 0.3) is 5.91 Å². The number of hydrogen-bond donors (Lipinski definition) is 2. The summed E-state index contributed by atoms with van der Waals surface area (Å²) in [5.41, 5.74) is 1.52. The second-order valence-corrected chi connectivity index (χ2v) is 4.84. The van der Waals surface area contributed by atoms with E-state index >= 15 is 0 Å². The summed E-state index contributed by atoms with van der Waals surface area (Å²) in [4.78, 5) is 25.4. The fourth-order valence-electron chi connectivity index (χ4n) is 1.96. The van der Waals surface area contributed by atoms with Crippen molar-refractivity contribution in [1.29, 1.82) is 0 Å². The Kier molecular flexibility index (Phi) is 4.71. The number of rotatable bonds is 5. The van der Waals surface area contributed by atoms with Crippen LogP contribution < -0.4 is 10.9 Å². The summed E-state index contributed by atoms with van der Waals surface area (Å²) in [7, 11) is 0. The average Bonchev–Trinajstić information content (AvgIpc) is 2.47. The molecule has 0 fully saturated rings. The van der Waals surface area contributed by atoms with Gasteiger partial charge in [0.1, 0.15) is 0 Å². The van der Waals surface area contributed by atoms with Gasteiger partial charge in [0.2, 0.25) is 5.56 Å². The minimum Gasteiger partial charge on any atom is -0.350 e. The molecule has 0 unspecified atom stereocenters. The summed E-state index contributed by atoms with van der Waals surface area (Å²) >= 11 is 0. The van der Waals surface area contributed by atoms with Crippen LogP contribution in [0.4, 0.5) is 0 Å². The molecule has 1 atom stereocenters. The Morgan fingerprint density at radius 3 is 2.60 bits per heavy atom. The molecule has 4 heteroatoms. The molecule has 1 aromatic heterocycles. The lowest BCUT2D eigenvalue weighted by molar-refractivity contribution is 0.0938. The van der Waals surface area contributed by atoms with Crippen molar-refractivity contribution in [3.05, 3.63) is 70.1 Å². The monoisotopic (exact) mass is 270 g/mol. The number of carbonyl (C=O) groups excluding carboxylic acids is 1. The van der Waals surface area contributed by atoms with E-state index in [-0.39, 0.29) is 17.5 Å². The average molecular weight is 270 g/mol. The summed E-state index contributed by atoms with van der Waals surface area (Å²) in [5.74, 6) is -0.165. The topological polar surface area (TPSA) is 62.0 Å². The number of aromatic nitrogens is 1. The molecule has 2 rings (SSSR count). The van der Waals surface area contributed by atoms with E-state index in [0.717, 1.165) is 12.8 Å². The van der Waals surface area contributed by atoms with E-state index in [0.29, 0.717) is 5.56 Å². The second kappa shape index (κ2) is 6.70. The van der Waals surface area contributed by atoms with Crippen LogP contribution in [0.1, 0.15) is 29.3 Å². The summed E-state index contributed by atoms with van der Waals surface area (Å²) in [6, 6.07) is 13.1. The first kappa shape index (κ1) is 14.1. The zero-order valence-corrected chi connectivity index (χ0v) is 11.4. The van der Waals surface area contributed by atoms with Crippen LogP contribution in [-0.2, 0) is 6.42 Å². The maximum Gasteiger partial charge on any atom is 0.252 e. The molecule has 1 amide bonds. The number of carbonyl (C=O) groups is 1. The van der Waals surface area contributed by atoms with Gasteiger partial charge in [0.05, 0.1) is 5.56 Å². The van der Waals surface area contributed by atoms with Crippen molar-refractivity contribution < 1.29 is 4.79 Å². The Hall–Kier alpha value is -2.36. The second-order valence-electron chi connectivity index (χ2n) is 4.84. The number of benzene rings is 1. The summed E-state index contributed by atoms with van der Waals surface area (Å²) in [5, 5.41) is 2.92. The summed E-state index contributed by atoms with van der Waals surface area (Å²) in [6.45, 7) is 1.98. The third kappa shape index (κ3) is 4.09. The lowest BCUT2D eigenvalue weighted by atomic mass is 10.1. The zero-order valence-electron chi connectivity index (χ0n) is 11.4. The molecule has 0 saturated carbocycles. The molecule has 2 N–H and O–H groups in total. The number of H-pyrrole nitrogens is 1. The Bertz CT molecular complexity index is 599. The van der Waals surface area contributed by atoms with Gasteiger partial charge in [0, 0.05) is 18.3 Å². The Labute approximate surface area is 117 Å². The van der Waals surface area contributed by atoms with Gasteiger partial charge < -0.3 is 10.3 Å². The molecule has 0 aliphatic carbocycles. The van der Waals surface area contributed by atoms with E-state index in [1.165, 1.54) is 23.9 Å². The van der Waals surface area contributed by atoms with Gasteiger partial charge in [-0.1, -0.05) is 30.3 Å². The molecule has 0 aliphatic heterocycles. The lowest BCUT2D eigenvalue weighted by Gasteiger charge is -2.13. The molecule has 0 saturated heterocycles. The molecular weight excluding hydrogens is 252 g/mol. The predicted molar refractivity (Wildman–Crippen MR) is 78.8 cm³/mol. The van der Waals surface area contributed by atoms with E-state index in [4.69, 9.17) is 0 Å². The maximum atomic E-state index is 11.9. The molecule has 0 aliphatic rings. The minimum absolute atomic E-state index is 0.0784.